The van der Waals surface area contributed by atoms with Gasteiger partial charge in [-0.1, -0.05) is 6.07 Å². The first-order valence-electron chi connectivity index (χ1n) is 6.74. The molecule has 0 radical (unpaired) electrons. The Morgan fingerprint density at radius 1 is 1.15 bits per heavy atom. The van der Waals surface area contributed by atoms with Crippen LogP contribution in [0.3, 0.4) is 0 Å². The molecule has 102 valence electrons. The Kier molecular flexibility index (Phi) is 2.52. The molecule has 1 aliphatic carbocycles. The van der Waals surface area contributed by atoms with Crippen LogP contribution in [-0.2, 0) is 0 Å². The molecule has 1 atom stereocenters. The van der Waals surface area contributed by atoms with E-state index in [1.54, 1.807) is 0 Å². The van der Waals surface area contributed by atoms with Crippen LogP contribution >= 0.6 is 0 Å². The van der Waals surface area contributed by atoms with Gasteiger partial charge in [-0.15, -0.1) is 0 Å². The topological polar surface area (TPSA) is 64.5 Å². The van der Waals surface area contributed by atoms with Crippen LogP contribution in [0.1, 0.15) is 36.1 Å². The lowest BCUT2D eigenvalue weighted by Gasteiger charge is -2.25. The summed E-state index contributed by atoms with van der Waals surface area (Å²) < 4.78 is 11.4. The highest BCUT2D eigenvalue weighted by Gasteiger charge is 2.27. The number of nitrogens with zero attached hydrogens (tertiary/aromatic N) is 2. The van der Waals surface area contributed by atoms with Gasteiger partial charge in [0.25, 0.3) is 5.88 Å². The molecule has 2 aromatic rings. The summed E-state index contributed by atoms with van der Waals surface area (Å²) in [5.74, 6) is 1.63. The van der Waals surface area contributed by atoms with E-state index < -0.39 is 0 Å². The fourth-order valence-electron chi connectivity index (χ4n) is 2.36. The molecule has 1 fully saturated rings. The number of fused-ring (bicyclic) bond motifs is 1. The molecule has 1 N–H and O–H groups in total. The first-order valence-corrected chi connectivity index (χ1v) is 6.74. The molecule has 1 unspecified atom stereocenters. The molecule has 1 saturated carbocycles. The van der Waals surface area contributed by atoms with Crippen molar-refractivity contribution in [2.75, 3.05) is 6.61 Å². The van der Waals surface area contributed by atoms with Crippen molar-refractivity contribution < 1.29 is 14.6 Å². The lowest BCUT2D eigenvalue weighted by atomic mass is 10.1. The van der Waals surface area contributed by atoms with E-state index in [2.05, 4.69) is 16.0 Å². The minimum absolute atomic E-state index is 0.0673. The number of aromatic hydroxyl groups is 1. The van der Waals surface area contributed by atoms with Crippen molar-refractivity contribution in [3.8, 4) is 17.4 Å². The number of rotatable bonds is 2. The van der Waals surface area contributed by atoms with Crippen molar-refractivity contribution in [3.63, 3.8) is 0 Å². The average molecular weight is 270 g/mol. The summed E-state index contributed by atoms with van der Waals surface area (Å²) in [6.07, 6.45) is 5.55. The van der Waals surface area contributed by atoms with Gasteiger partial charge < -0.3 is 14.6 Å². The monoisotopic (exact) mass is 270 g/mol. The smallest absolute Gasteiger partial charge is 0.258 e. The molecule has 2 aliphatic rings. The first kappa shape index (κ1) is 11.5. The summed E-state index contributed by atoms with van der Waals surface area (Å²) in [4.78, 5) is 8.50. The fraction of sp³-hybridized carbons (Fsp3) is 0.333. The highest BCUT2D eigenvalue weighted by molar-refractivity contribution is 5.40. The first-order chi connectivity index (χ1) is 9.79. The van der Waals surface area contributed by atoms with Gasteiger partial charge in [-0.25, -0.2) is 4.98 Å². The van der Waals surface area contributed by atoms with Gasteiger partial charge in [0.2, 0.25) is 0 Å². The molecule has 20 heavy (non-hydrogen) atoms. The quantitative estimate of drug-likeness (QED) is 0.908. The van der Waals surface area contributed by atoms with Gasteiger partial charge in [0.1, 0.15) is 12.4 Å². The second-order valence-corrected chi connectivity index (χ2v) is 5.20. The van der Waals surface area contributed by atoms with Gasteiger partial charge in [-0.3, -0.25) is 4.98 Å². The summed E-state index contributed by atoms with van der Waals surface area (Å²) in [5.41, 5.74) is 2.14. The number of ether oxygens (including phenoxy) is 2. The molecule has 4 rings (SSSR count). The number of pyridine rings is 2. The predicted molar refractivity (Wildman–Crippen MR) is 71.0 cm³/mol. The van der Waals surface area contributed by atoms with E-state index in [4.69, 9.17) is 9.47 Å². The van der Waals surface area contributed by atoms with Crippen LogP contribution in [0.5, 0.6) is 17.4 Å². The molecule has 2 aromatic heterocycles. The summed E-state index contributed by atoms with van der Waals surface area (Å²) in [7, 11) is 0. The molecule has 0 bridgehead atoms. The largest absolute Gasteiger partial charge is 0.506 e. The van der Waals surface area contributed by atoms with Crippen molar-refractivity contribution >= 4 is 0 Å². The summed E-state index contributed by atoms with van der Waals surface area (Å²) in [6, 6.07) is 5.61. The van der Waals surface area contributed by atoms with Crippen molar-refractivity contribution in [3.05, 3.63) is 41.9 Å². The van der Waals surface area contributed by atoms with E-state index >= 15 is 0 Å². The normalized spacial score (nSPS) is 20.7. The third kappa shape index (κ3) is 2.05. The van der Waals surface area contributed by atoms with E-state index in [9.17, 15) is 5.11 Å². The lowest BCUT2D eigenvalue weighted by Crippen LogP contribution is -2.23. The van der Waals surface area contributed by atoms with Crippen LogP contribution in [0.2, 0.25) is 0 Å². The molecule has 0 spiro atoms. The highest BCUT2D eigenvalue weighted by Crippen LogP contribution is 2.40. The summed E-state index contributed by atoms with van der Waals surface area (Å²) in [5, 5.41) is 9.35. The van der Waals surface area contributed by atoms with Gasteiger partial charge in [-0.05, 0) is 30.4 Å². The maximum Gasteiger partial charge on any atom is 0.258 e. The third-order valence-corrected chi connectivity index (χ3v) is 3.64. The number of hydrogen-bond donors (Lipinski definition) is 1. The second kappa shape index (κ2) is 4.37. The van der Waals surface area contributed by atoms with Crippen molar-refractivity contribution in [2.24, 2.45) is 0 Å². The van der Waals surface area contributed by atoms with Gasteiger partial charge in [-0.2, -0.15) is 0 Å². The van der Waals surface area contributed by atoms with Crippen LogP contribution in [0.25, 0.3) is 0 Å². The van der Waals surface area contributed by atoms with Crippen LogP contribution in [-0.4, -0.2) is 21.7 Å². The zero-order valence-electron chi connectivity index (χ0n) is 10.8. The molecule has 1 aliphatic heterocycles. The summed E-state index contributed by atoms with van der Waals surface area (Å²) >= 11 is 0. The van der Waals surface area contributed by atoms with E-state index in [0.717, 1.165) is 5.69 Å². The van der Waals surface area contributed by atoms with Crippen molar-refractivity contribution in [1.29, 1.82) is 0 Å². The zero-order valence-corrected chi connectivity index (χ0v) is 10.8. The zero-order chi connectivity index (χ0) is 13.5. The molecule has 0 aromatic carbocycles. The molecular formula is C15H14N2O3. The Balaban J connectivity index is 1.56. The van der Waals surface area contributed by atoms with Gasteiger partial charge in [0.15, 0.2) is 11.9 Å². The van der Waals surface area contributed by atoms with Gasteiger partial charge in [0.05, 0.1) is 11.9 Å². The standard InChI is InChI=1S/C15H14N2O3/c18-11-5-13-15(17-7-11)20-14(8-19-13)12-4-3-10(6-16-12)9-1-2-9/h3-7,9,14,18H,1-2,8H2. The Labute approximate surface area is 116 Å². The fourth-order valence-corrected chi connectivity index (χ4v) is 2.36. The van der Waals surface area contributed by atoms with E-state index in [-0.39, 0.29) is 11.9 Å². The molecule has 0 amide bonds. The van der Waals surface area contributed by atoms with E-state index in [0.29, 0.717) is 24.2 Å². The van der Waals surface area contributed by atoms with E-state index in [1.807, 2.05) is 12.3 Å². The van der Waals surface area contributed by atoms with Gasteiger partial charge >= 0.3 is 0 Å². The number of aromatic nitrogens is 2. The lowest BCUT2D eigenvalue weighted by molar-refractivity contribution is 0.0817. The Bertz CT molecular complexity index is 638. The van der Waals surface area contributed by atoms with Crippen LogP contribution < -0.4 is 9.47 Å². The molecule has 3 heterocycles. The molecule has 5 nitrogen and oxygen atoms in total. The molecular weight excluding hydrogens is 256 g/mol. The van der Waals surface area contributed by atoms with Crippen molar-refractivity contribution in [1.82, 2.24) is 9.97 Å². The minimum atomic E-state index is -0.257. The Morgan fingerprint density at radius 3 is 2.80 bits per heavy atom. The summed E-state index contributed by atoms with van der Waals surface area (Å²) in [6.45, 7) is 0.369. The molecule has 5 heteroatoms. The number of hydrogen-bond acceptors (Lipinski definition) is 5. The average Bonchev–Trinajstić information content (AvgIpc) is 3.32. The van der Waals surface area contributed by atoms with Crippen LogP contribution in [0.4, 0.5) is 0 Å². The van der Waals surface area contributed by atoms with Crippen LogP contribution in [0, 0.1) is 0 Å². The van der Waals surface area contributed by atoms with Crippen molar-refractivity contribution in [2.45, 2.75) is 24.9 Å². The maximum atomic E-state index is 9.35. The minimum Gasteiger partial charge on any atom is -0.506 e. The highest BCUT2D eigenvalue weighted by atomic mass is 16.6. The third-order valence-electron chi connectivity index (χ3n) is 3.64. The second-order valence-electron chi connectivity index (χ2n) is 5.20. The Morgan fingerprint density at radius 2 is 2.05 bits per heavy atom. The SMILES string of the molecule is Oc1cnc2c(c1)OCC(c1ccc(C3CC3)cn1)O2. The Hall–Kier alpha value is -2.30. The van der Waals surface area contributed by atoms with E-state index in [1.165, 1.54) is 30.7 Å². The van der Waals surface area contributed by atoms with Gasteiger partial charge in [0, 0.05) is 12.3 Å². The molecule has 0 saturated heterocycles. The van der Waals surface area contributed by atoms with Crippen LogP contribution in [0.15, 0.2) is 30.6 Å². The maximum absolute atomic E-state index is 9.35. The predicted octanol–water partition coefficient (Wildman–Crippen LogP) is 2.57.